The van der Waals surface area contributed by atoms with Crippen molar-refractivity contribution in [2.75, 3.05) is 19.1 Å². The molecule has 3 nitrogen and oxygen atoms in total. The first-order valence-electron chi connectivity index (χ1n) is 6.18. The van der Waals surface area contributed by atoms with Crippen LogP contribution in [0.25, 0.3) is 0 Å². The zero-order valence-electron chi connectivity index (χ0n) is 11.4. The number of para-hydroxylation sites is 1. The number of ether oxygens (including phenoxy) is 1. The second kappa shape index (κ2) is 6.44. The molecule has 0 unspecified atom stereocenters. The van der Waals surface area contributed by atoms with Gasteiger partial charge in [0.15, 0.2) is 0 Å². The Morgan fingerprint density at radius 3 is 2.65 bits per heavy atom. The summed E-state index contributed by atoms with van der Waals surface area (Å²) < 4.78 is 6.15. The number of benzene rings is 2. The van der Waals surface area contributed by atoms with E-state index < -0.39 is 0 Å². The normalized spacial score (nSPS) is 9.90. The van der Waals surface area contributed by atoms with Crippen molar-refractivity contribution in [1.82, 2.24) is 0 Å². The number of anilines is 1. The molecule has 0 fully saturated rings. The summed E-state index contributed by atoms with van der Waals surface area (Å²) in [6.45, 7) is 0.723. The zero-order valence-corrected chi connectivity index (χ0v) is 13.0. The molecule has 0 aromatic heterocycles. The summed E-state index contributed by atoms with van der Waals surface area (Å²) in [6, 6.07) is 15.8. The van der Waals surface area contributed by atoms with E-state index >= 15 is 0 Å². The van der Waals surface area contributed by atoms with Crippen LogP contribution in [-0.2, 0) is 6.54 Å². The van der Waals surface area contributed by atoms with Gasteiger partial charge in [0.25, 0.3) is 0 Å². The highest BCUT2D eigenvalue weighted by atomic mass is 79.9. The number of hydrogen-bond acceptors (Lipinski definition) is 3. The van der Waals surface area contributed by atoms with Crippen molar-refractivity contribution in [1.29, 1.82) is 5.26 Å². The van der Waals surface area contributed by atoms with Gasteiger partial charge in [0.05, 0.1) is 22.8 Å². The summed E-state index contributed by atoms with van der Waals surface area (Å²) in [5, 5.41) is 9.15. The standard InChI is InChI=1S/C16H15BrN2O/c1-19(15-6-4-3-5-13(15)10-18)11-12-7-8-16(20-2)14(17)9-12/h3-9H,11H2,1-2H3. The number of nitriles is 1. The second-order valence-electron chi connectivity index (χ2n) is 4.45. The first kappa shape index (κ1) is 14.4. The fourth-order valence-electron chi connectivity index (χ4n) is 2.07. The second-order valence-corrected chi connectivity index (χ2v) is 5.31. The van der Waals surface area contributed by atoms with Gasteiger partial charge in [-0.2, -0.15) is 5.26 Å². The molecule has 0 amide bonds. The summed E-state index contributed by atoms with van der Waals surface area (Å²) >= 11 is 3.49. The van der Waals surface area contributed by atoms with Gasteiger partial charge in [0, 0.05) is 13.6 Å². The van der Waals surface area contributed by atoms with Gasteiger partial charge in [0.2, 0.25) is 0 Å². The monoisotopic (exact) mass is 330 g/mol. The number of methoxy groups -OCH3 is 1. The average molecular weight is 331 g/mol. The maximum absolute atomic E-state index is 9.15. The molecule has 0 heterocycles. The Hall–Kier alpha value is -1.99. The molecule has 0 spiro atoms. The van der Waals surface area contributed by atoms with Crippen molar-refractivity contribution in [2.45, 2.75) is 6.54 Å². The number of hydrogen-bond donors (Lipinski definition) is 0. The Morgan fingerprint density at radius 2 is 2.00 bits per heavy atom. The van der Waals surface area contributed by atoms with Gasteiger partial charge in [-0.1, -0.05) is 18.2 Å². The molecule has 102 valence electrons. The maximum atomic E-state index is 9.15. The molecular formula is C16H15BrN2O. The minimum atomic E-state index is 0.683. The molecule has 0 aliphatic carbocycles. The smallest absolute Gasteiger partial charge is 0.133 e. The summed E-state index contributed by atoms with van der Waals surface area (Å²) in [5.74, 6) is 0.814. The third-order valence-electron chi connectivity index (χ3n) is 3.07. The Morgan fingerprint density at radius 1 is 1.25 bits per heavy atom. The number of rotatable bonds is 4. The Balaban J connectivity index is 2.21. The van der Waals surface area contributed by atoms with Crippen LogP contribution in [0.4, 0.5) is 5.69 Å². The van der Waals surface area contributed by atoms with Crippen LogP contribution in [0.1, 0.15) is 11.1 Å². The molecule has 0 radical (unpaired) electrons. The number of halogens is 1. The van der Waals surface area contributed by atoms with Crippen LogP contribution >= 0.6 is 15.9 Å². The van der Waals surface area contributed by atoms with Gasteiger partial charge < -0.3 is 9.64 Å². The van der Waals surface area contributed by atoms with E-state index in [-0.39, 0.29) is 0 Å². The van der Waals surface area contributed by atoms with E-state index in [1.807, 2.05) is 49.5 Å². The van der Waals surface area contributed by atoms with Gasteiger partial charge in [-0.15, -0.1) is 0 Å². The SMILES string of the molecule is COc1ccc(CN(C)c2ccccc2C#N)cc1Br. The first-order chi connectivity index (χ1) is 9.65. The minimum Gasteiger partial charge on any atom is -0.496 e. The highest BCUT2D eigenvalue weighted by molar-refractivity contribution is 9.10. The van der Waals surface area contributed by atoms with Gasteiger partial charge >= 0.3 is 0 Å². The molecule has 0 saturated heterocycles. The van der Waals surface area contributed by atoms with Crippen molar-refractivity contribution in [3.05, 3.63) is 58.1 Å². The van der Waals surface area contributed by atoms with Crippen LogP contribution in [0.5, 0.6) is 5.75 Å². The Bertz CT molecular complexity index is 649. The lowest BCUT2D eigenvalue weighted by Crippen LogP contribution is -2.17. The van der Waals surface area contributed by atoms with Crippen LogP contribution in [0, 0.1) is 11.3 Å². The van der Waals surface area contributed by atoms with Crippen molar-refractivity contribution in [2.24, 2.45) is 0 Å². The molecule has 2 rings (SSSR count). The molecule has 0 aliphatic rings. The van der Waals surface area contributed by atoms with Crippen molar-refractivity contribution in [3.8, 4) is 11.8 Å². The molecule has 0 bridgehead atoms. The van der Waals surface area contributed by atoms with E-state index in [2.05, 4.69) is 26.9 Å². The quantitative estimate of drug-likeness (QED) is 0.851. The van der Waals surface area contributed by atoms with Crippen LogP contribution < -0.4 is 9.64 Å². The molecular weight excluding hydrogens is 316 g/mol. The summed E-state index contributed by atoms with van der Waals surface area (Å²) in [6.07, 6.45) is 0. The van der Waals surface area contributed by atoms with E-state index in [0.717, 1.165) is 28.0 Å². The molecule has 4 heteroatoms. The predicted octanol–water partition coefficient (Wildman–Crippen LogP) is 3.97. The van der Waals surface area contributed by atoms with Crippen molar-refractivity contribution < 1.29 is 4.74 Å². The minimum absolute atomic E-state index is 0.683. The Labute approximate surface area is 127 Å². The van der Waals surface area contributed by atoms with E-state index in [1.54, 1.807) is 7.11 Å². The summed E-state index contributed by atoms with van der Waals surface area (Å²) in [4.78, 5) is 2.06. The molecule has 0 saturated carbocycles. The van der Waals surface area contributed by atoms with E-state index in [4.69, 9.17) is 10.00 Å². The lowest BCUT2D eigenvalue weighted by atomic mass is 10.1. The van der Waals surface area contributed by atoms with Gasteiger partial charge in [0.1, 0.15) is 11.8 Å². The van der Waals surface area contributed by atoms with Crippen LogP contribution in [-0.4, -0.2) is 14.2 Å². The van der Waals surface area contributed by atoms with Crippen molar-refractivity contribution >= 4 is 21.6 Å². The molecule has 0 atom stereocenters. The van der Waals surface area contributed by atoms with Gasteiger partial charge in [-0.3, -0.25) is 0 Å². The zero-order chi connectivity index (χ0) is 14.5. The maximum Gasteiger partial charge on any atom is 0.133 e. The van der Waals surface area contributed by atoms with E-state index in [0.29, 0.717) is 5.56 Å². The van der Waals surface area contributed by atoms with E-state index in [1.165, 1.54) is 0 Å². The van der Waals surface area contributed by atoms with Crippen molar-refractivity contribution in [3.63, 3.8) is 0 Å². The largest absolute Gasteiger partial charge is 0.496 e. The van der Waals surface area contributed by atoms with Crippen LogP contribution in [0.3, 0.4) is 0 Å². The fourth-order valence-corrected chi connectivity index (χ4v) is 2.66. The highest BCUT2D eigenvalue weighted by Crippen LogP contribution is 2.27. The highest BCUT2D eigenvalue weighted by Gasteiger charge is 2.08. The predicted molar refractivity (Wildman–Crippen MR) is 84.0 cm³/mol. The topological polar surface area (TPSA) is 36.3 Å². The fraction of sp³-hybridized carbons (Fsp3) is 0.188. The van der Waals surface area contributed by atoms with Crippen LogP contribution in [0.2, 0.25) is 0 Å². The molecule has 0 aliphatic heterocycles. The molecule has 2 aromatic carbocycles. The summed E-state index contributed by atoms with van der Waals surface area (Å²) in [7, 11) is 3.63. The third kappa shape index (κ3) is 3.12. The molecule has 0 N–H and O–H groups in total. The third-order valence-corrected chi connectivity index (χ3v) is 3.69. The lowest BCUT2D eigenvalue weighted by molar-refractivity contribution is 0.412. The molecule has 2 aromatic rings. The van der Waals surface area contributed by atoms with Gasteiger partial charge in [-0.05, 0) is 45.8 Å². The van der Waals surface area contributed by atoms with Gasteiger partial charge in [-0.25, -0.2) is 0 Å². The summed E-state index contributed by atoms with van der Waals surface area (Å²) in [5.41, 5.74) is 2.76. The first-order valence-corrected chi connectivity index (χ1v) is 6.97. The number of nitrogens with zero attached hydrogens (tertiary/aromatic N) is 2. The lowest BCUT2D eigenvalue weighted by Gasteiger charge is -2.21. The molecule has 20 heavy (non-hydrogen) atoms. The average Bonchev–Trinajstić information content (AvgIpc) is 2.47. The Kier molecular flexibility index (Phi) is 4.65. The van der Waals surface area contributed by atoms with Crippen LogP contribution in [0.15, 0.2) is 46.9 Å². The van der Waals surface area contributed by atoms with E-state index in [9.17, 15) is 0 Å².